The highest BCUT2D eigenvalue weighted by Crippen LogP contribution is 2.27. The number of amides is 1. The van der Waals surface area contributed by atoms with Crippen molar-refractivity contribution < 1.29 is 23.1 Å². The monoisotopic (exact) mass is 392 g/mol. The summed E-state index contributed by atoms with van der Waals surface area (Å²) in [6.45, 7) is 9.47. The first-order valence-corrected chi connectivity index (χ1v) is 9.50. The second-order valence-corrected chi connectivity index (χ2v) is 7.78. The zero-order valence-electron chi connectivity index (χ0n) is 17.2. The molecule has 0 saturated heterocycles. The van der Waals surface area contributed by atoms with Gasteiger partial charge in [-0.05, 0) is 39.3 Å². The number of rotatable bonds is 8. The highest BCUT2D eigenvalue weighted by atomic mass is 19.1. The van der Waals surface area contributed by atoms with Crippen LogP contribution in [0.1, 0.15) is 59.3 Å². The van der Waals surface area contributed by atoms with Crippen molar-refractivity contribution in [3.8, 4) is 5.75 Å². The lowest BCUT2D eigenvalue weighted by atomic mass is 10.1. The molecule has 0 aliphatic carbocycles. The molecule has 1 unspecified atom stereocenters. The molecule has 0 spiro atoms. The molecular weight excluding hydrogens is 363 g/mol. The van der Waals surface area contributed by atoms with Crippen LogP contribution < -0.4 is 10.1 Å². The molecular formula is C21H29FN2O4. The van der Waals surface area contributed by atoms with Gasteiger partial charge in [-0.3, -0.25) is 0 Å². The second-order valence-electron chi connectivity index (χ2n) is 7.78. The molecule has 0 bridgehead atoms. The van der Waals surface area contributed by atoms with Gasteiger partial charge in [-0.15, -0.1) is 0 Å². The fraction of sp³-hybridized carbons (Fsp3) is 0.524. The van der Waals surface area contributed by atoms with E-state index in [-0.39, 0.29) is 24.6 Å². The number of nitrogens with zero attached hydrogens (tertiary/aromatic N) is 1. The first kappa shape index (κ1) is 21.7. The van der Waals surface area contributed by atoms with Crippen molar-refractivity contribution in [2.75, 3.05) is 13.2 Å². The van der Waals surface area contributed by atoms with E-state index in [9.17, 15) is 9.18 Å². The first-order valence-electron chi connectivity index (χ1n) is 9.50. The van der Waals surface area contributed by atoms with Crippen LogP contribution >= 0.6 is 0 Å². The molecule has 6 nitrogen and oxygen atoms in total. The molecule has 1 aromatic heterocycles. The molecule has 0 radical (unpaired) electrons. The molecule has 154 valence electrons. The Morgan fingerprint density at radius 2 is 2.14 bits per heavy atom. The van der Waals surface area contributed by atoms with Crippen molar-refractivity contribution in [2.45, 2.75) is 59.0 Å². The normalized spacial score (nSPS) is 13.4. The van der Waals surface area contributed by atoms with E-state index in [1.807, 2.05) is 6.07 Å². The Morgan fingerprint density at radius 3 is 2.79 bits per heavy atom. The SMILES string of the molecule is CCCC(C)c1nc2ccc(OC/C(=C/F)CNC(=O)OC(C)(C)C)cc2o1. The third kappa shape index (κ3) is 6.55. The van der Waals surface area contributed by atoms with Gasteiger partial charge in [-0.25, -0.2) is 14.2 Å². The van der Waals surface area contributed by atoms with E-state index in [4.69, 9.17) is 13.9 Å². The number of benzene rings is 1. The van der Waals surface area contributed by atoms with Crippen LogP contribution in [-0.4, -0.2) is 29.8 Å². The predicted octanol–water partition coefficient (Wildman–Crippen LogP) is 5.49. The molecule has 1 aromatic carbocycles. The van der Waals surface area contributed by atoms with Gasteiger partial charge >= 0.3 is 6.09 Å². The number of carbonyl (C=O) groups excluding carboxylic acids is 1. The molecule has 1 amide bonds. The number of alkyl carbamates (subject to hydrolysis) is 1. The number of oxazole rings is 1. The van der Waals surface area contributed by atoms with Crippen LogP contribution in [0.25, 0.3) is 11.1 Å². The fourth-order valence-corrected chi connectivity index (χ4v) is 2.58. The van der Waals surface area contributed by atoms with Gasteiger partial charge in [-0.2, -0.15) is 0 Å². The minimum absolute atomic E-state index is 0.00531. The topological polar surface area (TPSA) is 73.6 Å². The lowest BCUT2D eigenvalue weighted by molar-refractivity contribution is 0.0531. The summed E-state index contributed by atoms with van der Waals surface area (Å²) in [5, 5.41) is 2.51. The number of ether oxygens (including phenoxy) is 2. The van der Waals surface area contributed by atoms with E-state index in [1.165, 1.54) is 0 Å². The molecule has 1 atom stereocenters. The number of halogens is 1. The maximum atomic E-state index is 13.1. The average Bonchev–Trinajstić information content (AvgIpc) is 3.04. The molecule has 1 heterocycles. The summed E-state index contributed by atoms with van der Waals surface area (Å²) in [4.78, 5) is 16.2. The van der Waals surface area contributed by atoms with Crippen molar-refractivity contribution in [3.05, 3.63) is 36.0 Å². The quantitative estimate of drug-likeness (QED) is 0.643. The molecule has 2 rings (SSSR count). The summed E-state index contributed by atoms with van der Waals surface area (Å²) in [6.07, 6.45) is 1.88. The zero-order valence-corrected chi connectivity index (χ0v) is 17.2. The van der Waals surface area contributed by atoms with Crippen LogP contribution in [0.4, 0.5) is 9.18 Å². The lowest BCUT2D eigenvalue weighted by Crippen LogP contribution is -2.34. The Morgan fingerprint density at radius 1 is 1.39 bits per heavy atom. The number of nitrogens with one attached hydrogen (secondary N) is 1. The largest absolute Gasteiger partial charge is 0.489 e. The van der Waals surface area contributed by atoms with Crippen LogP contribution in [-0.2, 0) is 4.74 Å². The number of hydrogen-bond donors (Lipinski definition) is 1. The highest BCUT2D eigenvalue weighted by Gasteiger charge is 2.16. The second kappa shape index (κ2) is 9.57. The van der Waals surface area contributed by atoms with Gasteiger partial charge in [-0.1, -0.05) is 20.3 Å². The van der Waals surface area contributed by atoms with Crippen LogP contribution in [0.5, 0.6) is 5.75 Å². The van der Waals surface area contributed by atoms with Crippen LogP contribution in [0.15, 0.2) is 34.5 Å². The summed E-state index contributed by atoms with van der Waals surface area (Å²) in [6, 6.07) is 5.31. The van der Waals surface area contributed by atoms with Gasteiger partial charge < -0.3 is 19.2 Å². The molecule has 0 aliphatic rings. The van der Waals surface area contributed by atoms with Gasteiger partial charge in [0.05, 0.1) is 6.33 Å². The third-order valence-electron chi connectivity index (χ3n) is 3.96. The van der Waals surface area contributed by atoms with Gasteiger partial charge in [0.1, 0.15) is 23.5 Å². The number of carbonyl (C=O) groups is 1. The minimum Gasteiger partial charge on any atom is -0.489 e. The van der Waals surface area contributed by atoms with E-state index in [1.54, 1.807) is 32.9 Å². The summed E-state index contributed by atoms with van der Waals surface area (Å²) in [7, 11) is 0. The van der Waals surface area contributed by atoms with Gasteiger partial charge in [0, 0.05) is 24.1 Å². The van der Waals surface area contributed by atoms with E-state index < -0.39 is 11.7 Å². The molecule has 0 aliphatic heterocycles. The molecule has 28 heavy (non-hydrogen) atoms. The van der Waals surface area contributed by atoms with E-state index in [2.05, 4.69) is 24.1 Å². The highest BCUT2D eigenvalue weighted by molar-refractivity contribution is 5.74. The van der Waals surface area contributed by atoms with E-state index in [0.29, 0.717) is 23.6 Å². The maximum Gasteiger partial charge on any atom is 0.407 e. The fourth-order valence-electron chi connectivity index (χ4n) is 2.58. The van der Waals surface area contributed by atoms with Crippen molar-refractivity contribution in [1.29, 1.82) is 0 Å². The number of fused-ring (bicyclic) bond motifs is 1. The summed E-state index contributed by atoms with van der Waals surface area (Å²) in [5.41, 5.74) is 1.06. The summed E-state index contributed by atoms with van der Waals surface area (Å²) < 4.78 is 29.7. The van der Waals surface area contributed by atoms with E-state index >= 15 is 0 Å². The number of aromatic nitrogens is 1. The van der Waals surface area contributed by atoms with Crippen LogP contribution in [0.2, 0.25) is 0 Å². The standard InChI is InChI=1S/C21H29FN2O4/c1-6-7-14(2)19-24-17-9-8-16(10-18(17)27-19)26-13-15(11-22)12-23-20(25)28-21(3,4)5/h8-11,14H,6-7,12-13H2,1-5H3,(H,23,25)/b15-11+. The molecule has 0 fully saturated rings. The Bertz CT molecular complexity index is 823. The van der Waals surface area contributed by atoms with Crippen molar-refractivity contribution in [1.82, 2.24) is 10.3 Å². The lowest BCUT2D eigenvalue weighted by Gasteiger charge is -2.20. The smallest absolute Gasteiger partial charge is 0.407 e. The predicted molar refractivity (Wildman–Crippen MR) is 106 cm³/mol. The van der Waals surface area contributed by atoms with Crippen molar-refractivity contribution in [3.63, 3.8) is 0 Å². The number of hydrogen-bond acceptors (Lipinski definition) is 5. The maximum absolute atomic E-state index is 13.1. The third-order valence-corrected chi connectivity index (χ3v) is 3.96. The van der Waals surface area contributed by atoms with Gasteiger partial charge in [0.2, 0.25) is 0 Å². The van der Waals surface area contributed by atoms with E-state index in [0.717, 1.165) is 18.4 Å². The summed E-state index contributed by atoms with van der Waals surface area (Å²) in [5.74, 6) is 1.50. The van der Waals surface area contributed by atoms with Crippen molar-refractivity contribution in [2.24, 2.45) is 0 Å². The Hall–Kier alpha value is -2.57. The van der Waals surface area contributed by atoms with Crippen molar-refractivity contribution >= 4 is 17.2 Å². The molecule has 1 N–H and O–H groups in total. The molecule has 7 heteroatoms. The van der Waals surface area contributed by atoms with Gasteiger partial charge in [0.15, 0.2) is 11.5 Å². The molecule has 2 aromatic rings. The Kier molecular flexibility index (Phi) is 7.43. The Balaban J connectivity index is 1.93. The summed E-state index contributed by atoms with van der Waals surface area (Å²) >= 11 is 0. The Labute approximate surface area is 165 Å². The first-order chi connectivity index (χ1) is 13.2. The minimum atomic E-state index is -0.611. The van der Waals surface area contributed by atoms with Crippen LogP contribution in [0, 0.1) is 0 Å². The van der Waals surface area contributed by atoms with Crippen LogP contribution in [0.3, 0.4) is 0 Å². The van der Waals surface area contributed by atoms with Gasteiger partial charge in [0.25, 0.3) is 0 Å². The molecule has 0 saturated carbocycles. The average molecular weight is 392 g/mol. The zero-order chi connectivity index (χ0) is 20.7.